The van der Waals surface area contributed by atoms with Gasteiger partial charge in [-0.3, -0.25) is 0 Å². The summed E-state index contributed by atoms with van der Waals surface area (Å²) in [7, 11) is -3.20. The van der Waals surface area contributed by atoms with Crippen molar-refractivity contribution < 1.29 is 8.42 Å². The van der Waals surface area contributed by atoms with Gasteiger partial charge in [-0.25, -0.2) is 13.1 Å². The van der Waals surface area contributed by atoms with E-state index in [9.17, 15) is 8.42 Å². The summed E-state index contributed by atoms with van der Waals surface area (Å²) < 4.78 is 25.1. The van der Waals surface area contributed by atoms with Crippen LogP contribution in [0.25, 0.3) is 0 Å². The fourth-order valence-corrected chi connectivity index (χ4v) is 2.07. The Morgan fingerprint density at radius 1 is 1.36 bits per heavy atom. The Kier molecular flexibility index (Phi) is 5.41. The molecule has 3 nitrogen and oxygen atoms in total. The van der Waals surface area contributed by atoms with Gasteiger partial charge in [-0.2, -0.15) is 0 Å². The molecule has 0 aliphatic heterocycles. The molecule has 0 aromatic rings. The second-order valence-electron chi connectivity index (χ2n) is 4.55. The number of hydrogen-bond donors (Lipinski definition) is 1. The van der Waals surface area contributed by atoms with Gasteiger partial charge in [0.2, 0.25) is 10.0 Å². The van der Waals surface area contributed by atoms with E-state index in [1.54, 1.807) is 20.8 Å². The molecule has 1 unspecified atom stereocenters. The van der Waals surface area contributed by atoms with Gasteiger partial charge in [0, 0.05) is 12.4 Å². The van der Waals surface area contributed by atoms with Gasteiger partial charge in [0.05, 0.1) is 4.75 Å². The van der Waals surface area contributed by atoms with Crippen LogP contribution < -0.4 is 4.72 Å². The van der Waals surface area contributed by atoms with Gasteiger partial charge in [0.15, 0.2) is 0 Å². The molecule has 14 heavy (non-hydrogen) atoms. The van der Waals surface area contributed by atoms with Crippen molar-refractivity contribution in [3.63, 3.8) is 0 Å². The molecule has 0 aromatic heterocycles. The fourth-order valence-electron chi connectivity index (χ4n) is 0.757. The Morgan fingerprint density at radius 2 is 1.86 bits per heavy atom. The largest absolute Gasteiger partial charge is 0.216 e. The van der Waals surface area contributed by atoms with Gasteiger partial charge < -0.3 is 0 Å². The molecule has 0 radical (unpaired) electrons. The molecule has 0 bridgehead atoms. The molecular weight excluding hydrogens is 222 g/mol. The minimum absolute atomic E-state index is 0.282. The Hall–Kier alpha value is 0.200. The number of halogens is 1. The van der Waals surface area contributed by atoms with Crippen molar-refractivity contribution in [2.45, 2.75) is 38.9 Å². The lowest BCUT2D eigenvalue weighted by atomic mass is 10.1. The molecule has 0 heterocycles. The zero-order chi connectivity index (χ0) is 11.4. The molecule has 0 amide bonds. The maximum Gasteiger partial charge on any atom is 0.216 e. The Labute approximate surface area is 92.3 Å². The van der Waals surface area contributed by atoms with E-state index in [0.717, 1.165) is 6.42 Å². The Bertz CT molecular complexity index is 256. The van der Waals surface area contributed by atoms with E-state index in [-0.39, 0.29) is 5.92 Å². The van der Waals surface area contributed by atoms with Crippen molar-refractivity contribution in [2.75, 3.05) is 12.4 Å². The summed E-state index contributed by atoms with van der Waals surface area (Å²) in [5, 5.41) is 0. The van der Waals surface area contributed by atoms with Gasteiger partial charge in [0.1, 0.15) is 0 Å². The maximum atomic E-state index is 11.6. The monoisotopic (exact) mass is 241 g/mol. The lowest BCUT2D eigenvalue weighted by Gasteiger charge is -2.21. The molecule has 0 aliphatic carbocycles. The van der Waals surface area contributed by atoms with Crippen molar-refractivity contribution in [1.29, 1.82) is 0 Å². The lowest BCUT2D eigenvalue weighted by Crippen LogP contribution is -2.41. The van der Waals surface area contributed by atoms with E-state index in [1.165, 1.54) is 0 Å². The van der Waals surface area contributed by atoms with Crippen molar-refractivity contribution >= 4 is 21.6 Å². The Morgan fingerprint density at radius 3 is 2.21 bits per heavy atom. The van der Waals surface area contributed by atoms with E-state index in [2.05, 4.69) is 4.72 Å². The fraction of sp³-hybridized carbons (Fsp3) is 1.00. The predicted octanol–water partition coefficient (Wildman–Crippen LogP) is 1.97. The zero-order valence-corrected chi connectivity index (χ0v) is 10.9. The van der Waals surface area contributed by atoms with Crippen molar-refractivity contribution in [3.05, 3.63) is 0 Å². The average molecular weight is 242 g/mol. The van der Waals surface area contributed by atoms with Crippen LogP contribution in [0.4, 0.5) is 0 Å². The first kappa shape index (κ1) is 14.2. The third-order valence-electron chi connectivity index (χ3n) is 2.03. The molecule has 0 saturated carbocycles. The molecule has 1 atom stereocenters. The van der Waals surface area contributed by atoms with Gasteiger partial charge in [-0.1, -0.05) is 6.92 Å². The van der Waals surface area contributed by atoms with E-state index in [1.807, 2.05) is 6.92 Å². The summed E-state index contributed by atoms with van der Waals surface area (Å²) in [5.41, 5.74) is 0. The summed E-state index contributed by atoms with van der Waals surface area (Å²) in [4.78, 5) is 0. The number of alkyl halides is 1. The predicted molar refractivity (Wildman–Crippen MR) is 61.2 cm³/mol. The average Bonchev–Trinajstić information content (AvgIpc) is 1.99. The highest BCUT2D eigenvalue weighted by Gasteiger charge is 2.28. The number of rotatable bonds is 5. The lowest BCUT2D eigenvalue weighted by molar-refractivity contribution is 0.511. The number of nitrogens with one attached hydrogen (secondary N) is 1. The van der Waals surface area contributed by atoms with Crippen LogP contribution in [0.2, 0.25) is 0 Å². The van der Waals surface area contributed by atoms with Crippen LogP contribution in [-0.4, -0.2) is 25.6 Å². The summed E-state index contributed by atoms with van der Waals surface area (Å²) in [6.07, 6.45) is 0.828. The normalized spacial score (nSPS) is 15.5. The van der Waals surface area contributed by atoms with Crippen LogP contribution in [0.5, 0.6) is 0 Å². The van der Waals surface area contributed by atoms with Crippen molar-refractivity contribution in [1.82, 2.24) is 4.72 Å². The molecule has 1 N–H and O–H groups in total. The highest BCUT2D eigenvalue weighted by molar-refractivity contribution is 7.90. The van der Waals surface area contributed by atoms with Gasteiger partial charge in [-0.15, -0.1) is 11.6 Å². The van der Waals surface area contributed by atoms with E-state index in [4.69, 9.17) is 11.6 Å². The van der Waals surface area contributed by atoms with Crippen LogP contribution in [0.15, 0.2) is 0 Å². The second-order valence-corrected chi connectivity index (χ2v) is 7.45. The highest BCUT2D eigenvalue weighted by Crippen LogP contribution is 2.13. The maximum absolute atomic E-state index is 11.6. The van der Waals surface area contributed by atoms with E-state index in [0.29, 0.717) is 12.4 Å². The van der Waals surface area contributed by atoms with Crippen LogP contribution >= 0.6 is 11.6 Å². The molecule has 0 fully saturated rings. The quantitative estimate of drug-likeness (QED) is 0.749. The van der Waals surface area contributed by atoms with Crippen LogP contribution in [0.1, 0.15) is 34.1 Å². The Balaban J connectivity index is 4.14. The van der Waals surface area contributed by atoms with Crippen molar-refractivity contribution in [3.8, 4) is 0 Å². The van der Waals surface area contributed by atoms with Gasteiger partial charge in [0.25, 0.3) is 0 Å². The molecule has 0 spiro atoms. The minimum atomic E-state index is -3.20. The van der Waals surface area contributed by atoms with Crippen LogP contribution in [-0.2, 0) is 10.0 Å². The van der Waals surface area contributed by atoms with E-state index < -0.39 is 14.8 Å². The third kappa shape index (κ3) is 4.62. The molecule has 0 saturated heterocycles. The zero-order valence-electron chi connectivity index (χ0n) is 9.30. The van der Waals surface area contributed by atoms with Crippen LogP contribution in [0.3, 0.4) is 0 Å². The summed E-state index contributed by atoms with van der Waals surface area (Å²) in [6.45, 7) is 7.49. The molecular formula is C9H20ClNO2S. The first-order valence-corrected chi connectivity index (χ1v) is 6.77. The van der Waals surface area contributed by atoms with Gasteiger partial charge in [-0.05, 0) is 33.1 Å². The molecule has 5 heteroatoms. The molecule has 86 valence electrons. The summed E-state index contributed by atoms with van der Waals surface area (Å²) >= 11 is 5.56. The van der Waals surface area contributed by atoms with Crippen LogP contribution in [0, 0.1) is 5.92 Å². The first-order chi connectivity index (χ1) is 6.20. The molecule has 0 aromatic carbocycles. The SMILES string of the molecule is CC(CCCl)CNS(=O)(=O)C(C)(C)C. The minimum Gasteiger partial charge on any atom is -0.215 e. The molecule has 0 aliphatic rings. The van der Waals surface area contributed by atoms with Gasteiger partial charge >= 0.3 is 0 Å². The summed E-state index contributed by atoms with van der Waals surface area (Å²) in [6, 6.07) is 0. The third-order valence-corrected chi connectivity index (χ3v) is 4.41. The number of hydrogen-bond acceptors (Lipinski definition) is 2. The smallest absolute Gasteiger partial charge is 0.215 e. The highest BCUT2D eigenvalue weighted by atomic mass is 35.5. The number of sulfonamides is 1. The van der Waals surface area contributed by atoms with E-state index >= 15 is 0 Å². The standard InChI is InChI=1S/C9H20ClNO2S/c1-8(5-6-10)7-11-14(12,13)9(2,3)4/h8,11H,5-7H2,1-4H3. The topological polar surface area (TPSA) is 46.2 Å². The molecule has 0 rings (SSSR count). The summed E-state index contributed by atoms with van der Waals surface area (Å²) in [5.74, 6) is 0.850. The first-order valence-electron chi connectivity index (χ1n) is 4.76. The second kappa shape index (κ2) is 5.33. The van der Waals surface area contributed by atoms with Crippen molar-refractivity contribution in [2.24, 2.45) is 5.92 Å².